The van der Waals surface area contributed by atoms with Crippen LogP contribution >= 0.6 is 0 Å². The molecule has 1 aliphatic carbocycles. The molecular formula is C23H22N4O2. The molecule has 1 N–H and O–H groups in total. The van der Waals surface area contributed by atoms with Crippen LogP contribution in [-0.2, 0) is 17.8 Å². The highest BCUT2D eigenvalue weighted by atomic mass is 16.4. The van der Waals surface area contributed by atoms with Gasteiger partial charge in [0.15, 0.2) is 0 Å². The lowest BCUT2D eigenvalue weighted by Gasteiger charge is -2.26. The molecule has 0 aliphatic heterocycles. The molecule has 0 saturated heterocycles. The second-order valence-electron chi connectivity index (χ2n) is 7.53. The zero-order chi connectivity index (χ0) is 19.8. The van der Waals surface area contributed by atoms with Crippen molar-refractivity contribution in [3.05, 3.63) is 71.7 Å². The van der Waals surface area contributed by atoms with Gasteiger partial charge in [-0.15, -0.1) is 10.2 Å². The van der Waals surface area contributed by atoms with Crippen molar-refractivity contribution in [3.63, 3.8) is 0 Å². The van der Waals surface area contributed by atoms with Crippen LogP contribution in [0.4, 0.5) is 0 Å². The summed E-state index contributed by atoms with van der Waals surface area (Å²) in [6, 6.07) is 16.4. The van der Waals surface area contributed by atoms with Gasteiger partial charge in [0.1, 0.15) is 6.54 Å². The van der Waals surface area contributed by atoms with E-state index >= 15 is 0 Å². The highest BCUT2D eigenvalue weighted by Crippen LogP contribution is 2.31. The molecule has 2 aromatic carbocycles. The minimum Gasteiger partial charge on any atom is -0.421 e. The Morgan fingerprint density at radius 1 is 1.17 bits per heavy atom. The topological polar surface area (TPSA) is 73.0 Å². The van der Waals surface area contributed by atoms with Crippen LogP contribution in [0.15, 0.2) is 59.1 Å². The zero-order valence-corrected chi connectivity index (χ0v) is 16.3. The molecule has 0 bridgehead atoms. The van der Waals surface area contributed by atoms with Gasteiger partial charge < -0.3 is 14.3 Å². The molecule has 0 saturated carbocycles. The van der Waals surface area contributed by atoms with Crippen LogP contribution in [0.1, 0.15) is 35.9 Å². The minimum absolute atomic E-state index is 0.000663. The summed E-state index contributed by atoms with van der Waals surface area (Å²) in [6.45, 7) is 2.01. The van der Waals surface area contributed by atoms with Gasteiger partial charge in [-0.25, -0.2) is 0 Å². The number of aromatic nitrogens is 3. The fourth-order valence-electron chi connectivity index (χ4n) is 4.25. The number of rotatable bonds is 4. The van der Waals surface area contributed by atoms with Crippen LogP contribution in [0.2, 0.25) is 0 Å². The smallest absolute Gasteiger partial charge is 0.249 e. The van der Waals surface area contributed by atoms with Crippen LogP contribution in [0, 0.1) is 6.92 Å². The first-order chi connectivity index (χ1) is 14.2. The average molecular weight is 386 g/mol. The SMILES string of the molecule is Cc1nnc(-c2cn(CC(=O)N[C@H]3CCCc4ccccc43)c3ccccc23)o1. The molecule has 2 aromatic heterocycles. The zero-order valence-electron chi connectivity index (χ0n) is 16.3. The van der Waals surface area contributed by atoms with Gasteiger partial charge in [0.25, 0.3) is 0 Å². The van der Waals surface area contributed by atoms with Crippen molar-refractivity contribution in [3.8, 4) is 11.5 Å². The molecule has 0 spiro atoms. The fourth-order valence-corrected chi connectivity index (χ4v) is 4.25. The number of benzene rings is 2. The summed E-state index contributed by atoms with van der Waals surface area (Å²) in [5, 5.41) is 12.3. The predicted octanol–water partition coefficient (Wildman–Crippen LogP) is 4.19. The Balaban J connectivity index is 1.42. The molecule has 0 fully saturated rings. The van der Waals surface area contributed by atoms with Crippen LogP contribution in [-0.4, -0.2) is 20.7 Å². The van der Waals surface area contributed by atoms with Gasteiger partial charge >= 0.3 is 0 Å². The lowest BCUT2D eigenvalue weighted by Crippen LogP contribution is -2.33. The highest BCUT2D eigenvalue weighted by Gasteiger charge is 2.22. The van der Waals surface area contributed by atoms with Crippen LogP contribution in [0.25, 0.3) is 22.4 Å². The maximum absolute atomic E-state index is 12.9. The monoisotopic (exact) mass is 386 g/mol. The number of nitrogens with one attached hydrogen (secondary N) is 1. The Morgan fingerprint density at radius 2 is 2.00 bits per heavy atom. The Bertz CT molecular complexity index is 1190. The second-order valence-corrected chi connectivity index (χ2v) is 7.53. The average Bonchev–Trinajstić information content (AvgIpc) is 3.32. The third-order valence-corrected chi connectivity index (χ3v) is 5.56. The summed E-state index contributed by atoms with van der Waals surface area (Å²) in [6.07, 6.45) is 5.07. The van der Waals surface area contributed by atoms with Crippen LogP contribution < -0.4 is 5.32 Å². The lowest BCUT2D eigenvalue weighted by atomic mass is 9.88. The number of hydrogen-bond donors (Lipinski definition) is 1. The van der Waals surface area contributed by atoms with Crippen molar-refractivity contribution in [2.75, 3.05) is 0 Å². The van der Waals surface area contributed by atoms with E-state index in [0.717, 1.165) is 35.7 Å². The number of nitrogens with zero attached hydrogens (tertiary/aromatic N) is 3. The molecule has 2 heterocycles. The summed E-state index contributed by atoms with van der Waals surface area (Å²) in [4.78, 5) is 12.9. The van der Waals surface area contributed by atoms with Gasteiger partial charge in [0.05, 0.1) is 11.6 Å². The molecule has 1 aliphatic rings. The van der Waals surface area contributed by atoms with Crippen LogP contribution in [0.5, 0.6) is 0 Å². The number of aryl methyl sites for hydroxylation is 2. The predicted molar refractivity (Wildman–Crippen MR) is 110 cm³/mol. The first-order valence-electron chi connectivity index (χ1n) is 9.94. The maximum Gasteiger partial charge on any atom is 0.249 e. The summed E-state index contributed by atoms with van der Waals surface area (Å²) in [5.41, 5.74) is 4.39. The molecule has 0 radical (unpaired) electrons. The number of carbonyl (C=O) groups is 1. The van der Waals surface area contributed by atoms with E-state index in [4.69, 9.17) is 4.42 Å². The Kier molecular flexibility index (Phi) is 4.39. The van der Waals surface area contributed by atoms with Crippen molar-refractivity contribution in [2.24, 2.45) is 0 Å². The van der Waals surface area contributed by atoms with Gasteiger partial charge in [-0.3, -0.25) is 4.79 Å². The largest absolute Gasteiger partial charge is 0.421 e. The van der Waals surface area contributed by atoms with Crippen molar-refractivity contribution < 1.29 is 9.21 Å². The standard InChI is InChI=1S/C23H22N4O2/c1-15-25-26-23(29-15)19-13-27(21-12-5-4-10-18(19)21)14-22(28)24-20-11-6-8-16-7-2-3-9-17(16)20/h2-5,7,9-10,12-13,20H,6,8,11,14H2,1H3,(H,24,28)/t20-/m0/s1. The molecule has 29 heavy (non-hydrogen) atoms. The Hall–Kier alpha value is -3.41. The van der Waals surface area contributed by atoms with E-state index in [1.54, 1.807) is 6.92 Å². The molecular weight excluding hydrogens is 364 g/mol. The quantitative estimate of drug-likeness (QED) is 0.571. The summed E-state index contributed by atoms with van der Waals surface area (Å²) in [5.74, 6) is 0.991. The van der Waals surface area contributed by atoms with Gasteiger partial charge in [0, 0.05) is 24.0 Å². The van der Waals surface area contributed by atoms with Gasteiger partial charge in [0.2, 0.25) is 17.7 Å². The van der Waals surface area contributed by atoms with Crippen molar-refractivity contribution >= 4 is 16.8 Å². The van der Waals surface area contributed by atoms with E-state index in [1.807, 2.05) is 41.1 Å². The number of fused-ring (bicyclic) bond motifs is 2. The summed E-state index contributed by atoms with van der Waals surface area (Å²) < 4.78 is 7.57. The van der Waals surface area contributed by atoms with E-state index in [1.165, 1.54) is 11.1 Å². The molecule has 4 aromatic rings. The summed E-state index contributed by atoms with van der Waals surface area (Å²) >= 11 is 0. The molecule has 1 amide bonds. The Morgan fingerprint density at radius 3 is 2.86 bits per heavy atom. The van der Waals surface area contributed by atoms with Crippen molar-refractivity contribution in [1.29, 1.82) is 0 Å². The molecule has 1 atom stereocenters. The normalized spacial score (nSPS) is 16.0. The molecule has 146 valence electrons. The molecule has 0 unspecified atom stereocenters. The molecule has 6 heteroatoms. The number of amides is 1. The Labute approximate surface area is 168 Å². The van der Waals surface area contributed by atoms with E-state index in [0.29, 0.717) is 11.8 Å². The number of hydrogen-bond acceptors (Lipinski definition) is 4. The minimum atomic E-state index is 0.000663. The van der Waals surface area contributed by atoms with E-state index in [2.05, 4.69) is 33.7 Å². The van der Waals surface area contributed by atoms with Gasteiger partial charge in [-0.05, 0) is 36.5 Å². The highest BCUT2D eigenvalue weighted by molar-refractivity contribution is 5.94. The van der Waals surface area contributed by atoms with Gasteiger partial charge in [-0.2, -0.15) is 0 Å². The second kappa shape index (κ2) is 7.20. The van der Waals surface area contributed by atoms with Crippen LogP contribution in [0.3, 0.4) is 0 Å². The molecule has 6 nitrogen and oxygen atoms in total. The van der Waals surface area contributed by atoms with E-state index in [-0.39, 0.29) is 18.5 Å². The van der Waals surface area contributed by atoms with E-state index in [9.17, 15) is 4.79 Å². The van der Waals surface area contributed by atoms with Crippen molar-refractivity contribution in [1.82, 2.24) is 20.1 Å². The number of carbonyl (C=O) groups excluding carboxylic acids is 1. The third kappa shape index (κ3) is 3.31. The third-order valence-electron chi connectivity index (χ3n) is 5.56. The maximum atomic E-state index is 12.9. The van der Waals surface area contributed by atoms with Gasteiger partial charge in [-0.1, -0.05) is 42.5 Å². The molecule has 5 rings (SSSR count). The first kappa shape index (κ1) is 17.7. The lowest BCUT2D eigenvalue weighted by molar-refractivity contribution is -0.122. The number of para-hydroxylation sites is 1. The first-order valence-corrected chi connectivity index (χ1v) is 9.94. The van der Waals surface area contributed by atoms with Crippen molar-refractivity contribution in [2.45, 2.75) is 38.8 Å². The van der Waals surface area contributed by atoms with E-state index < -0.39 is 0 Å². The fraction of sp³-hybridized carbons (Fsp3) is 0.261. The summed E-state index contributed by atoms with van der Waals surface area (Å²) in [7, 11) is 0.